The number of aromatic amines is 2. The van der Waals surface area contributed by atoms with E-state index in [1.807, 2.05) is 19.9 Å². The number of methoxy groups -OCH3 is 2. The molecule has 0 spiro atoms. The van der Waals surface area contributed by atoms with Crippen LogP contribution in [0.25, 0.3) is 22.1 Å². The number of nitrogen functional groups attached to an aromatic ring is 1. The number of allylic oxidation sites excluding steroid dienone is 2. The van der Waals surface area contributed by atoms with Gasteiger partial charge in [0.05, 0.1) is 72.5 Å². The van der Waals surface area contributed by atoms with Gasteiger partial charge in [-0.15, -0.1) is 0 Å². The number of halogens is 2. The summed E-state index contributed by atoms with van der Waals surface area (Å²) in [6.07, 6.45) is 9.79. The molecule has 0 saturated heterocycles. The zero-order chi connectivity index (χ0) is 61.8. The first-order valence-electron chi connectivity index (χ1n) is 26.8. The van der Waals surface area contributed by atoms with Crippen LogP contribution in [0, 0.1) is 37.3 Å². The molecule has 7 N–H and O–H groups in total. The summed E-state index contributed by atoms with van der Waals surface area (Å²) in [5, 5.41) is 13.6. The van der Waals surface area contributed by atoms with Crippen molar-refractivity contribution in [2.24, 2.45) is 11.8 Å². The molecule has 0 unspecified atom stereocenters. The fraction of sp³-hybridized carbons (Fsp3) is 0.424. The van der Waals surface area contributed by atoms with Crippen LogP contribution >= 0.6 is 0 Å². The molecule has 0 fully saturated rings. The van der Waals surface area contributed by atoms with E-state index in [1.54, 1.807) is 96.9 Å². The molecule has 0 radical (unpaired) electrons. The van der Waals surface area contributed by atoms with Crippen LogP contribution in [-0.2, 0) is 61.0 Å². The number of nitrogens with two attached hydrogens (primary N) is 1. The molecule has 0 saturated carbocycles. The number of likely N-dealkylation sites (N-methyl/N-ethyl adjacent to an activating group) is 2. The van der Waals surface area contributed by atoms with Crippen LogP contribution in [0.15, 0.2) is 82.7 Å². The van der Waals surface area contributed by atoms with Crippen molar-refractivity contribution >= 4 is 63.5 Å². The van der Waals surface area contributed by atoms with E-state index in [4.69, 9.17) is 10.8 Å². The molecule has 24 heteroatoms. The average Bonchev–Trinajstić information content (AvgIpc) is 3.03. The molecule has 0 aliphatic carbocycles. The monoisotopic (exact) mass is 1150 g/mol. The zero-order valence-electron chi connectivity index (χ0n) is 49.1. The number of pyridine rings is 4. The quantitative estimate of drug-likeness (QED) is 0.0377. The first-order valence-corrected chi connectivity index (χ1v) is 26.8. The van der Waals surface area contributed by atoms with Crippen molar-refractivity contribution < 1.29 is 52.1 Å². The smallest absolute Gasteiger partial charge is 0.407 e. The number of alkyl carbamates (subject to hydrolysis) is 2. The van der Waals surface area contributed by atoms with Gasteiger partial charge in [0.15, 0.2) is 5.78 Å². The highest BCUT2D eigenvalue weighted by atomic mass is 19.1. The fourth-order valence-corrected chi connectivity index (χ4v) is 8.49. The normalized spacial score (nSPS) is 12.0. The standard InChI is InChI=1S/C30H38FN5O5.C18H21FN4O.C11H18N2O5/c1-18(2)14-22-27(31)19(3)32-24-16-21(33-28(22)24)17-36-13-9-10-20(29(36)39)15-25(37)23(34-30(40)41-6)11-7-8-12-26(38)35(4)5;1-10(2)7-13-16(19)11(3)21-15-8-12(22-17(13)15)9-23-6-4-5-14(20)18(23)24;1-13(2)9(14)7-5-4-6-8(10(15)16)12-11(17)18-3/h8-10,12-13,16,18,23,33H,7,11,14-15,17H2,1-6H3,(H,34,40);4-6,8,10,22H,7,9,20H2,1-3H3;5,7-8H,4,6H2,1-3H3,(H,12,17)(H,15,16)/b12-8+;;7-5+/t23-;;8-/m0.0/s1. The SMILES string of the molecule is COC(=O)N[C@@H](CC/C=C/C(=O)N(C)C)C(=O)Cc1cccn(Cc2cc3nc(C)c(F)c(CC(C)C)c3[nH]2)c1=O.COC(=O)N[C@@H](CC/C=C/C(=O)N(C)C)C(=O)O.Cc1nc2cc(Cn3cccc(N)c3=O)[nH]c2c(CC(C)C)c1F. The Hall–Kier alpha value is -8.96. The number of H-pyrrole nitrogens is 2. The Kier molecular flexibility index (Phi) is 25.1. The van der Waals surface area contributed by atoms with Gasteiger partial charge in [-0.05, 0) is 107 Å². The third-order valence-corrected chi connectivity index (χ3v) is 12.8. The van der Waals surface area contributed by atoms with Gasteiger partial charge in [-0.1, -0.05) is 45.9 Å². The summed E-state index contributed by atoms with van der Waals surface area (Å²) in [6, 6.07) is 8.28. The Balaban J connectivity index is 0.000000297. The fourth-order valence-electron chi connectivity index (χ4n) is 8.49. The number of aryl methyl sites for hydroxylation is 2. The second-order valence-electron chi connectivity index (χ2n) is 20.9. The number of hydrogen-bond donors (Lipinski definition) is 6. The van der Waals surface area contributed by atoms with E-state index in [0.29, 0.717) is 82.9 Å². The molecule has 83 heavy (non-hydrogen) atoms. The van der Waals surface area contributed by atoms with Crippen molar-refractivity contribution in [3.63, 3.8) is 0 Å². The number of ether oxygens (including phenoxy) is 2. The van der Waals surface area contributed by atoms with Crippen LogP contribution in [0.4, 0.5) is 24.1 Å². The number of ketones is 1. The molecule has 6 rings (SSSR count). The molecule has 0 aliphatic heterocycles. The van der Waals surface area contributed by atoms with Crippen LogP contribution in [0.5, 0.6) is 0 Å². The number of carboxylic acids is 1. The van der Waals surface area contributed by atoms with E-state index in [0.717, 1.165) is 18.3 Å². The van der Waals surface area contributed by atoms with Crippen molar-refractivity contribution in [3.05, 3.63) is 145 Å². The van der Waals surface area contributed by atoms with Gasteiger partial charge in [-0.2, -0.15) is 0 Å². The lowest BCUT2D eigenvalue weighted by atomic mass is 10.0. The largest absolute Gasteiger partial charge is 0.480 e. The molecular formula is C59H77F2N11O11. The molecule has 0 aromatic carbocycles. The highest BCUT2D eigenvalue weighted by Crippen LogP contribution is 2.27. The molecule has 6 aromatic rings. The summed E-state index contributed by atoms with van der Waals surface area (Å²) in [4.78, 5) is 113. The van der Waals surface area contributed by atoms with E-state index >= 15 is 0 Å². The third kappa shape index (κ3) is 19.6. The van der Waals surface area contributed by atoms with E-state index < -0.39 is 30.2 Å². The Morgan fingerprint density at radius 3 is 1.54 bits per heavy atom. The maximum Gasteiger partial charge on any atom is 0.407 e. The van der Waals surface area contributed by atoms with E-state index in [-0.39, 0.29) is 83.3 Å². The molecule has 6 heterocycles. The second-order valence-corrected chi connectivity index (χ2v) is 20.9. The number of carbonyl (C=O) groups excluding carboxylic acids is 5. The van der Waals surface area contributed by atoms with Crippen LogP contribution in [0.1, 0.15) is 92.8 Å². The summed E-state index contributed by atoms with van der Waals surface area (Å²) < 4.78 is 41.3. The van der Waals surface area contributed by atoms with Crippen LogP contribution < -0.4 is 27.5 Å². The molecule has 22 nitrogen and oxygen atoms in total. The van der Waals surface area contributed by atoms with Crippen molar-refractivity contribution in [2.45, 2.75) is 112 Å². The average molecular weight is 1150 g/mol. The van der Waals surface area contributed by atoms with Gasteiger partial charge in [0, 0.05) is 75.1 Å². The van der Waals surface area contributed by atoms with Crippen LogP contribution in [0.3, 0.4) is 0 Å². The maximum absolute atomic E-state index is 14.9. The Bertz CT molecular complexity index is 3450. The number of rotatable bonds is 22. The van der Waals surface area contributed by atoms with Gasteiger partial charge >= 0.3 is 18.2 Å². The number of hydrogen-bond acceptors (Lipinski definition) is 13. The van der Waals surface area contributed by atoms with Gasteiger partial charge in [-0.25, -0.2) is 33.1 Å². The van der Waals surface area contributed by atoms with E-state index in [1.165, 1.54) is 38.2 Å². The summed E-state index contributed by atoms with van der Waals surface area (Å²) in [5.41, 5.74) is 11.6. The molecule has 4 amide bonds. The molecule has 0 bridgehead atoms. The van der Waals surface area contributed by atoms with Crippen molar-refractivity contribution in [3.8, 4) is 0 Å². The maximum atomic E-state index is 14.9. The van der Waals surface area contributed by atoms with Gasteiger partial charge in [0.1, 0.15) is 17.7 Å². The number of carboxylic acid groups (broad SMARTS) is 1. The van der Waals surface area contributed by atoms with Gasteiger partial charge < -0.3 is 59.8 Å². The number of aromatic nitrogens is 6. The predicted molar refractivity (Wildman–Crippen MR) is 312 cm³/mol. The molecular weight excluding hydrogens is 1080 g/mol. The Morgan fingerprint density at radius 1 is 0.699 bits per heavy atom. The van der Waals surface area contributed by atoms with Gasteiger partial charge in [-0.3, -0.25) is 24.0 Å². The minimum absolute atomic E-state index is 0.174. The molecule has 448 valence electrons. The number of amides is 4. The molecule has 0 aliphatic rings. The predicted octanol–water partition coefficient (Wildman–Crippen LogP) is 6.90. The minimum Gasteiger partial charge on any atom is -0.480 e. The zero-order valence-corrected chi connectivity index (χ0v) is 49.1. The lowest BCUT2D eigenvalue weighted by Crippen LogP contribution is -2.42. The van der Waals surface area contributed by atoms with Crippen molar-refractivity contribution in [1.82, 2.24) is 49.5 Å². The van der Waals surface area contributed by atoms with Crippen LogP contribution in [0.2, 0.25) is 0 Å². The van der Waals surface area contributed by atoms with Crippen LogP contribution in [-0.4, -0.2) is 134 Å². The lowest BCUT2D eigenvalue weighted by Gasteiger charge is -2.16. The minimum atomic E-state index is -1.15. The number of aliphatic carboxylic acids is 1. The topological polar surface area (TPSA) is 299 Å². The molecule has 6 aromatic heterocycles. The first-order chi connectivity index (χ1) is 39.1. The number of fused-ring (bicyclic) bond motifs is 2. The van der Waals surface area contributed by atoms with Crippen molar-refractivity contribution in [1.29, 1.82) is 0 Å². The summed E-state index contributed by atoms with van der Waals surface area (Å²) in [7, 11) is 8.85. The second kappa shape index (κ2) is 31.3. The van der Waals surface area contributed by atoms with Gasteiger partial charge in [0.25, 0.3) is 11.1 Å². The number of anilines is 1. The number of Topliss-reactive ketones (excluding diaryl/α,β-unsaturated/α-hetero) is 1. The lowest BCUT2D eigenvalue weighted by molar-refractivity contribution is -0.139. The molecule has 2 atom stereocenters. The Morgan fingerprint density at radius 2 is 1.12 bits per heavy atom. The summed E-state index contributed by atoms with van der Waals surface area (Å²) >= 11 is 0. The highest BCUT2D eigenvalue weighted by Gasteiger charge is 2.24. The Labute approximate surface area is 480 Å². The highest BCUT2D eigenvalue weighted by molar-refractivity contribution is 5.90. The van der Waals surface area contributed by atoms with E-state index in [9.17, 15) is 47.1 Å². The third-order valence-electron chi connectivity index (χ3n) is 12.8. The van der Waals surface area contributed by atoms with Crippen molar-refractivity contribution in [2.75, 3.05) is 48.1 Å². The number of nitrogens with zero attached hydrogens (tertiary/aromatic N) is 6. The summed E-state index contributed by atoms with van der Waals surface area (Å²) in [6.45, 7) is 12.0. The van der Waals surface area contributed by atoms with Gasteiger partial charge in [0.2, 0.25) is 11.8 Å². The first kappa shape index (κ1) is 66.6. The number of carbonyl (C=O) groups is 6. The summed E-state index contributed by atoms with van der Waals surface area (Å²) in [5.74, 6) is -1.90. The number of nitrogens with one attached hydrogen (secondary N) is 4. The van der Waals surface area contributed by atoms with E-state index in [2.05, 4.69) is 53.9 Å².